The lowest BCUT2D eigenvalue weighted by Gasteiger charge is -2.31. The number of carbonyl (C=O) groups is 2. The number of ether oxygens (including phenoxy) is 1. The zero-order valence-electron chi connectivity index (χ0n) is 17.1. The van der Waals surface area contributed by atoms with Crippen molar-refractivity contribution in [2.45, 2.75) is 44.6 Å². The Morgan fingerprint density at radius 2 is 1.88 bits per heavy atom. The van der Waals surface area contributed by atoms with Gasteiger partial charge in [0.2, 0.25) is 5.82 Å². The molecule has 0 bridgehead atoms. The molecule has 0 spiro atoms. The van der Waals surface area contributed by atoms with Gasteiger partial charge in [0.25, 0.3) is 5.91 Å². The van der Waals surface area contributed by atoms with Crippen LogP contribution in [0.3, 0.4) is 0 Å². The molecule has 172 valence electrons. The average Bonchev–Trinajstić information content (AvgIpc) is 2.99. The molecule has 6 nitrogen and oxygen atoms in total. The van der Waals surface area contributed by atoms with Crippen molar-refractivity contribution in [3.63, 3.8) is 0 Å². The third kappa shape index (κ3) is 3.92. The third-order valence-electron chi connectivity index (χ3n) is 5.77. The van der Waals surface area contributed by atoms with Gasteiger partial charge in [0.15, 0.2) is 23.0 Å². The van der Waals surface area contributed by atoms with Crippen molar-refractivity contribution >= 4 is 17.4 Å². The number of alkyl halides is 3. The van der Waals surface area contributed by atoms with E-state index in [-0.39, 0.29) is 11.4 Å². The molecule has 1 amide bonds. The van der Waals surface area contributed by atoms with Gasteiger partial charge in [-0.25, -0.2) is 4.39 Å². The highest BCUT2D eigenvalue weighted by atomic mass is 19.4. The van der Waals surface area contributed by atoms with E-state index in [2.05, 4.69) is 10.3 Å². The molecule has 2 aromatic rings. The van der Waals surface area contributed by atoms with E-state index in [4.69, 9.17) is 4.74 Å². The normalized spacial score (nSPS) is 25.6. The predicted octanol–water partition coefficient (Wildman–Crippen LogP) is 4.35. The van der Waals surface area contributed by atoms with Gasteiger partial charge < -0.3 is 15.2 Å². The van der Waals surface area contributed by atoms with Crippen molar-refractivity contribution < 1.29 is 41.4 Å². The van der Waals surface area contributed by atoms with Crippen molar-refractivity contribution in [2.75, 3.05) is 5.32 Å². The highest BCUT2D eigenvalue weighted by Crippen LogP contribution is 2.54. The molecule has 32 heavy (non-hydrogen) atoms. The summed E-state index contributed by atoms with van der Waals surface area (Å²) in [6.45, 7) is 3.13. The fourth-order valence-corrected chi connectivity index (χ4v) is 3.76. The smallest absolute Gasteiger partial charge is 0.417 e. The molecule has 4 atom stereocenters. The summed E-state index contributed by atoms with van der Waals surface area (Å²) in [4.78, 5) is 28.3. The predicted molar refractivity (Wildman–Crippen MR) is 102 cm³/mol. The number of nitrogens with one attached hydrogen (secondary N) is 1. The molecule has 0 radical (unpaired) electrons. The van der Waals surface area contributed by atoms with Gasteiger partial charge in [-0.15, -0.1) is 0 Å². The number of rotatable bonds is 4. The van der Waals surface area contributed by atoms with E-state index in [0.29, 0.717) is 6.07 Å². The van der Waals surface area contributed by atoms with Crippen molar-refractivity contribution in [1.29, 1.82) is 0 Å². The lowest BCUT2D eigenvalue weighted by Crippen LogP contribution is -2.47. The number of nitrogens with zero attached hydrogens (tertiary/aromatic N) is 1. The summed E-state index contributed by atoms with van der Waals surface area (Å²) in [7, 11) is 0. The summed E-state index contributed by atoms with van der Waals surface area (Å²) in [5.41, 5.74) is -3.14. The Morgan fingerprint density at radius 3 is 2.47 bits per heavy atom. The number of benzene rings is 1. The first-order chi connectivity index (χ1) is 14.8. The molecule has 0 unspecified atom stereocenters. The van der Waals surface area contributed by atoms with E-state index in [1.807, 2.05) is 0 Å². The van der Waals surface area contributed by atoms with Crippen LogP contribution in [0.25, 0.3) is 0 Å². The number of halogens is 5. The fourth-order valence-electron chi connectivity index (χ4n) is 3.76. The van der Waals surface area contributed by atoms with Crippen molar-refractivity contribution in [2.24, 2.45) is 5.92 Å². The first-order valence-electron chi connectivity index (χ1n) is 9.47. The maximum Gasteiger partial charge on any atom is 0.417 e. The van der Waals surface area contributed by atoms with Gasteiger partial charge in [0.05, 0.1) is 0 Å². The maximum atomic E-state index is 14.0. The number of hydrogen-bond acceptors (Lipinski definition) is 5. The average molecular weight is 458 g/mol. The number of carbonyl (C=O) groups excluding carboxylic acids is 2. The molecular formula is C21H19F5N2O4. The van der Waals surface area contributed by atoms with Gasteiger partial charge in [0, 0.05) is 36.2 Å². The van der Waals surface area contributed by atoms with Gasteiger partial charge in [-0.05, 0) is 25.1 Å². The lowest BCUT2D eigenvalue weighted by atomic mass is 9.77. The molecule has 1 fully saturated rings. The third-order valence-corrected chi connectivity index (χ3v) is 5.77. The van der Waals surface area contributed by atoms with Gasteiger partial charge >= 0.3 is 6.18 Å². The highest BCUT2D eigenvalue weighted by Gasteiger charge is 2.65. The molecule has 0 saturated carbocycles. The minimum atomic E-state index is -4.91. The summed E-state index contributed by atoms with van der Waals surface area (Å²) in [5, 5.41) is 12.4. The number of ketones is 1. The summed E-state index contributed by atoms with van der Waals surface area (Å²) in [5.74, 6) is -8.59. The van der Waals surface area contributed by atoms with E-state index >= 15 is 0 Å². The fraction of sp³-hybridized carbons (Fsp3) is 0.381. The van der Waals surface area contributed by atoms with Crippen LogP contribution < -0.4 is 5.32 Å². The van der Waals surface area contributed by atoms with Crippen molar-refractivity contribution in [3.8, 4) is 5.75 Å². The topological polar surface area (TPSA) is 88.5 Å². The maximum absolute atomic E-state index is 14.0. The molecule has 1 aliphatic heterocycles. The zero-order valence-corrected chi connectivity index (χ0v) is 17.1. The highest BCUT2D eigenvalue weighted by molar-refractivity contribution is 5.97. The number of pyridine rings is 1. The molecule has 0 aliphatic carbocycles. The molecule has 2 N–H and O–H groups in total. The summed E-state index contributed by atoms with van der Waals surface area (Å²) < 4.78 is 74.1. The number of phenols is 1. The second-order valence-corrected chi connectivity index (χ2v) is 7.73. The number of amides is 1. The SMILES string of the molecule is CC(=O)c1cc(NC(=O)[C@@H]2O[C@@](C)(C(F)(F)F)[C@@H](C)[C@@H]2c2ccc(F)c(F)c2O)ccn1. The van der Waals surface area contributed by atoms with Gasteiger partial charge in [-0.1, -0.05) is 13.0 Å². The van der Waals surface area contributed by atoms with E-state index in [1.54, 1.807) is 0 Å². The Kier molecular flexibility index (Phi) is 5.98. The number of aromatic hydroxyl groups is 1. The van der Waals surface area contributed by atoms with Crippen molar-refractivity contribution in [1.82, 2.24) is 4.98 Å². The van der Waals surface area contributed by atoms with E-state index in [9.17, 15) is 36.6 Å². The summed E-state index contributed by atoms with van der Waals surface area (Å²) in [6.07, 6.45) is -5.50. The van der Waals surface area contributed by atoms with E-state index in [0.717, 1.165) is 19.9 Å². The Morgan fingerprint density at radius 1 is 1.22 bits per heavy atom. The number of Topliss-reactive ketones (excluding diaryl/α,β-unsaturated/α-hetero) is 1. The molecule has 1 aliphatic rings. The van der Waals surface area contributed by atoms with Crippen LogP contribution in [0.5, 0.6) is 5.75 Å². The van der Waals surface area contributed by atoms with Crippen LogP contribution in [0.15, 0.2) is 30.5 Å². The second-order valence-electron chi connectivity index (χ2n) is 7.73. The van der Waals surface area contributed by atoms with E-state index < -0.39 is 64.4 Å². The molecule has 1 saturated heterocycles. The summed E-state index contributed by atoms with van der Waals surface area (Å²) in [6, 6.07) is 4.11. The van der Waals surface area contributed by atoms with Gasteiger partial charge in [-0.3, -0.25) is 14.6 Å². The van der Waals surface area contributed by atoms with Crippen LogP contribution in [0.1, 0.15) is 42.7 Å². The number of phenolic OH excluding ortho intramolecular Hbond substituents is 1. The van der Waals surface area contributed by atoms with Crippen LogP contribution in [0, 0.1) is 17.6 Å². The molecule has 11 heteroatoms. The first-order valence-corrected chi connectivity index (χ1v) is 9.47. The number of aromatic nitrogens is 1. The molecule has 1 aromatic heterocycles. The van der Waals surface area contributed by atoms with Crippen LogP contribution in [0.2, 0.25) is 0 Å². The van der Waals surface area contributed by atoms with Crippen LogP contribution in [-0.4, -0.2) is 39.7 Å². The van der Waals surface area contributed by atoms with Crippen molar-refractivity contribution in [3.05, 3.63) is 53.4 Å². The Balaban J connectivity index is 2.05. The van der Waals surface area contributed by atoms with Crippen LogP contribution in [0.4, 0.5) is 27.6 Å². The molecule has 2 heterocycles. The number of hydrogen-bond donors (Lipinski definition) is 2. The largest absolute Gasteiger partial charge is 0.505 e. The van der Waals surface area contributed by atoms with Gasteiger partial charge in [-0.2, -0.15) is 17.6 Å². The minimum absolute atomic E-state index is 0.0124. The zero-order chi connectivity index (χ0) is 24.0. The summed E-state index contributed by atoms with van der Waals surface area (Å²) >= 11 is 0. The molecular weight excluding hydrogens is 439 g/mol. The van der Waals surface area contributed by atoms with Crippen LogP contribution >= 0.6 is 0 Å². The minimum Gasteiger partial charge on any atom is -0.505 e. The Hall–Kier alpha value is -3.08. The monoisotopic (exact) mass is 458 g/mol. The lowest BCUT2D eigenvalue weighted by molar-refractivity contribution is -0.272. The van der Waals surface area contributed by atoms with E-state index in [1.165, 1.54) is 25.3 Å². The quantitative estimate of drug-likeness (QED) is 0.526. The molecule has 3 rings (SSSR count). The second kappa shape index (κ2) is 8.12. The Bertz CT molecular complexity index is 1070. The van der Waals surface area contributed by atoms with Gasteiger partial charge in [0.1, 0.15) is 11.8 Å². The number of anilines is 1. The molecule has 1 aromatic carbocycles. The standard InChI is InChI=1S/C21H19F5N2O4/c1-9-15(12-4-5-13(22)16(23)17(12)30)18(32-20(9,3)21(24,25)26)19(31)28-11-6-7-27-14(8-11)10(2)29/h4-9,15,18,30H,1-3H3,(H,27,28,31)/t9-,15+,18+,20+/m0/s1. The first kappa shape index (κ1) is 23.6. The van der Waals surface area contributed by atoms with Crippen LogP contribution in [-0.2, 0) is 9.53 Å². The Labute approximate surface area is 179 Å².